The van der Waals surface area contributed by atoms with Crippen molar-refractivity contribution >= 4 is 0 Å². The molecule has 1 fully saturated rings. The molecule has 0 radical (unpaired) electrons. The number of para-hydroxylation sites is 1. The van der Waals surface area contributed by atoms with Gasteiger partial charge in [-0.05, 0) is 17.0 Å². The van der Waals surface area contributed by atoms with E-state index < -0.39 is 6.10 Å². The van der Waals surface area contributed by atoms with Gasteiger partial charge in [0.15, 0.2) is 0 Å². The quantitative estimate of drug-likeness (QED) is 0.476. The Morgan fingerprint density at radius 1 is 1.04 bits per heavy atom. The summed E-state index contributed by atoms with van der Waals surface area (Å²) in [6.45, 7) is 12.1. The second kappa shape index (κ2) is 12.0. The zero-order valence-corrected chi connectivity index (χ0v) is 17.5. The van der Waals surface area contributed by atoms with Gasteiger partial charge in [0.2, 0.25) is 0 Å². The van der Waals surface area contributed by atoms with Crippen molar-refractivity contribution in [1.29, 1.82) is 0 Å². The van der Waals surface area contributed by atoms with Gasteiger partial charge in [0.05, 0.1) is 6.61 Å². The van der Waals surface area contributed by atoms with Crippen LogP contribution in [-0.2, 0) is 5.41 Å². The third-order valence-electron chi connectivity index (χ3n) is 4.48. The first kappa shape index (κ1) is 25.4. The van der Waals surface area contributed by atoms with Crippen LogP contribution in [0, 0.1) is 0 Å². The third-order valence-corrected chi connectivity index (χ3v) is 4.48. The molecule has 0 bridgehead atoms. The lowest BCUT2D eigenvalue weighted by Crippen LogP contribution is -3.00. The molecule has 0 saturated carbocycles. The van der Waals surface area contributed by atoms with Crippen LogP contribution in [0.5, 0.6) is 5.75 Å². The molecule has 1 aliphatic rings. The fourth-order valence-electron chi connectivity index (χ4n) is 3.09. The summed E-state index contributed by atoms with van der Waals surface area (Å²) in [4.78, 5) is 4.51. The van der Waals surface area contributed by atoms with E-state index in [2.05, 4.69) is 36.6 Å². The number of β-amino-alcohol motifs (C(OH)–C–C–N with tert-alkyl or cyclic N) is 2. The van der Waals surface area contributed by atoms with Crippen LogP contribution < -0.4 is 29.6 Å². The maximum Gasteiger partial charge on any atom is 0.123 e. The number of rotatable bonds is 7. The van der Waals surface area contributed by atoms with E-state index in [9.17, 15) is 5.11 Å². The van der Waals surface area contributed by atoms with Crippen molar-refractivity contribution in [1.82, 2.24) is 9.80 Å². The minimum Gasteiger partial charge on any atom is -1.00 e. The Kier molecular flexibility index (Phi) is 11.7. The highest BCUT2D eigenvalue weighted by molar-refractivity contribution is 5.38. The van der Waals surface area contributed by atoms with Gasteiger partial charge < -0.3 is 39.8 Å². The number of ether oxygens (including phenoxy) is 1. The van der Waals surface area contributed by atoms with Gasteiger partial charge in [-0.1, -0.05) is 39.0 Å². The smallest absolute Gasteiger partial charge is 0.123 e. The molecule has 26 heavy (non-hydrogen) atoms. The van der Waals surface area contributed by atoms with Gasteiger partial charge in [0.25, 0.3) is 0 Å². The summed E-state index contributed by atoms with van der Waals surface area (Å²) in [7, 11) is 0. The number of halogens is 2. The Balaban J connectivity index is 0.00000312. The second-order valence-electron chi connectivity index (χ2n) is 7.58. The summed E-state index contributed by atoms with van der Waals surface area (Å²) in [6, 6.07) is 8.05. The maximum absolute atomic E-state index is 10.3. The third kappa shape index (κ3) is 7.99. The Morgan fingerprint density at radius 2 is 1.62 bits per heavy atom. The molecule has 1 aliphatic heterocycles. The number of nitrogens with zero attached hydrogens (tertiary/aromatic N) is 2. The highest BCUT2D eigenvalue weighted by Gasteiger charge is 2.21. The molecule has 2 N–H and O–H groups in total. The van der Waals surface area contributed by atoms with Gasteiger partial charge in [0, 0.05) is 39.3 Å². The number of benzene rings is 1. The van der Waals surface area contributed by atoms with Crippen molar-refractivity contribution in [2.45, 2.75) is 32.3 Å². The van der Waals surface area contributed by atoms with Gasteiger partial charge in [-0.15, -0.1) is 0 Å². The summed E-state index contributed by atoms with van der Waals surface area (Å²) < 4.78 is 5.91. The van der Waals surface area contributed by atoms with Gasteiger partial charge in [-0.25, -0.2) is 0 Å². The Hall–Kier alpha value is -0.560. The summed E-state index contributed by atoms with van der Waals surface area (Å²) in [6.07, 6.45) is -0.498. The summed E-state index contributed by atoms with van der Waals surface area (Å²) in [5.41, 5.74) is 1.18. The van der Waals surface area contributed by atoms with E-state index in [0.717, 1.165) is 44.0 Å². The molecule has 1 aromatic rings. The zero-order chi connectivity index (χ0) is 17.6. The minimum absolute atomic E-state index is 0. The van der Waals surface area contributed by atoms with E-state index >= 15 is 0 Å². The zero-order valence-electron chi connectivity index (χ0n) is 16.0. The van der Waals surface area contributed by atoms with E-state index in [1.54, 1.807) is 0 Å². The molecule has 152 valence electrons. The van der Waals surface area contributed by atoms with Gasteiger partial charge in [-0.2, -0.15) is 0 Å². The predicted octanol–water partition coefficient (Wildman–Crippen LogP) is -4.66. The monoisotopic (exact) mass is 406 g/mol. The lowest BCUT2D eigenvalue weighted by Gasteiger charge is -2.35. The second-order valence-corrected chi connectivity index (χ2v) is 7.58. The summed E-state index contributed by atoms with van der Waals surface area (Å²) in [5.74, 6) is 0.858. The number of piperazine rings is 1. The minimum atomic E-state index is -0.498. The number of hydrogen-bond acceptors (Lipinski definition) is 5. The molecule has 5 nitrogen and oxygen atoms in total. The van der Waals surface area contributed by atoms with E-state index in [0.29, 0.717) is 13.2 Å². The maximum atomic E-state index is 10.3. The van der Waals surface area contributed by atoms with Crippen LogP contribution in [0.4, 0.5) is 0 Å². The molecule has 2 rings (SSSR count). The average Bonchev–Trinajstić information content (AvgIpc) is 2.54. The van der Waals surface area contributed by atoms with E-state index in [-0.39, 0.29) is 36.8 Å². The number of aliphatic hydroxyl groups excluding tert-OH is 2. The summed E-state index contributed by atoms with van der Waals surface area (Å²) >= 11 is 0. The predicted molar refractivity (Wildman–Crippen MR) is 96.6 cm³/mol. The molecular formula is C19H32Cl2N2O3-2. The molecule has 1 saturated heterocycles. The topological polar surface area (TPSA) is 56.2 Å². The standard InChI is InChI=1S/C19H32N2O3.2ClH/c1-19(2,3)17-6-4-5-7-18(17)24-15-16(23)14-21-10-8-20(9-11-21)12-13-22;;/h4-7,16,22-23H,8-15H2,1-3H3;2*1H/p-2. The highest BCUT2D eigenvalue weighted by Crippen LogP contribution is 2.30. The normalized spacial score (nSPS) is 17.1. The fourth-order valence-corrected chi connectivity index (χ4v) is 3.09. The first-order valence-corrected chi connectivity index (χ1v) is 8.86. The number of aliphatic hydroxyl groups is 2. The molecule has 1 aromatic carbocycles. The van der Waals surface area contributed by atoms with Crippen molar-refractivity contribution in [3.05, 3.63) is 29.8 Å². The van der Waals surface area contributed by atoms with Crippen LogP contribution in [-0.4, -0.2) is 78.6 Å². The Labute approximate surface area is 170 Å². The van der Waals surface area contributed by atoms with Crippen molar-refractivity contribution in [2.75, 3.05) is 52.5 Å². The number of hydrogen-bond donors (Lipinski definition) is 2. The lowest BCUT2D eigenvalue weighted by molar-refractivity contribution is -0.00100. The average molecular weight is 407 g/mol. The lowest BCUT2D eigenvalue weighted by atomic mass is 9.86. The summed E-state index contributed by atoms with van der Waals surface area (Å²) in [5, 5.41) is 19.3. The molecule has 1 unspecified atom stereocenters. The molecule has 0 aliphatic carbocycles. The van der Waals surface area contributed by atoms with Crippen LogP contribution >= 0.6 is 0 Å². The van der Waals surface area contributed by atoms with Crippen LogP contribution in [0.2, 0.25) is 0 Å². The van der Waals surface area contributed by atoms with Gasteiger partial charge >= 0.3 is 0 Å². The molecule has 1 atom stereocenters. The molecule has 7 heteroatoms. The highest BCUT2D eigenvalue weighted by atomic mass is 35.5. The van der Waals surface area contributed by atoms with Crippen molar-refractivity contribution in [2.24, 2.45) is 0 Å². The molecule has 0 amide bonds. The van der Waals surface area contributed by atoms with Crippen molar-refractivity contribution in [3.63, 3.8) is 0 Å². The molecular weight excluding hydrogens is 375 g/mol. The Morgan fingerprint density at radius 3 is 2.19 bits per heavy atom. The van der Waals surface area contributed by atoms with Crippen LogP contribution in [0.1, 0.15) is 26.3 Å². The van der Waals surface area contributed by atoms with E-state index in [1.165, 1.54) is 0 Å². The van der Waals surface area contributed by atoms with E-state index in [4.69, 9.17) is 9.84 Å². The molecule has 1 heterocycles. The van der Waals surface area contributed by atoms with Gasteiger partial charge in [-0.3, -0.25) is 9.80 Å². The molecule has 0 spiro atoms. The van der Waals surface area contributed by atoms with E-state index in [1.807, 2.05) is 18.2 Å². The van der Waals surface area contributed by atoms with Gasteiger partial charge in [0.1, 0.15) is 18.5 Å². The first-order valence-electron chi connectivity index (χ1n) is 8.86. The SMILES string of the molecule is CC(C)(C)c1ccccc1OCC(O)CN1CCN(CCO)CC1.[Cl-].[Cl-]. The largest absolute Gasteiger partial charge is 1.00 e. The fraction of sp³-hybridized carbons (Fsp3) is 0.684. The Bertz CT molecular complexity index is 504. The first-order chi connectivity index (χ1) is 11.4. The van der Waals surface area contributed by atoms with Crippen LogP contribution in [0.15, 0.2) is 24.3 Å². The molecule has 0 aromatic heterocycles. The van der Waals surface area contributed by atoms with Crippen LogP contribution in [0.25, 0.3) is 0 Å². The van der Waals surface area contributed by atoms with Crippen molar-refractivity contribution < 1.29 is 39.8 Å². The van der Waals surface area contributed by atoms with Crippen LogP contribution in [0.3, 0.4) is 0 Å². The van der Waals surface area contributed by atoms with Crippen molar-refractivity contribution in [3.8, 4) is 5.75 Å².